The van der Waals surface area contributed by atoms with Crippen LogP contribution in [0.15, 0.2) is 0 Å². The van der Waals surface area contributed by atoms with Crippen molar-refractivity contribution in [3.8, 4) is 0 Å². The van der Waals surface area contributed by atoms with Crippen molar-refractivity contribution in [2.75, 3.05) is 13.2 Å². The third-order valence-electron chi connectivity index (χ3n) is 9.15. The van der Waals surface area contributed by atoms with Crippen LogP contribution in [0.4, 0.5) is 4.79 Å². The molecule has 2 amide bonds. The highest BCUT2D eigenvalue weighted by Crippen LogP contribution is 2.44. The van der Waals surface area contributed by atoms with Crippen LogP contribution in [-0.4, -0.2) is 58.4 Å². The number of hydrogen-bond donors (Lipinski definition) is 5. The van der Waals surface area contributed by atoms with E-state index in [-0.39, 0.29) is 36.0 Å². The summed E-state index contributed by atoms with van der Waals surface area (Å²) in [5, 5.41) is 28.2. The molecule has 0 bridgehead atoms. The predicted molar refractivity (Wildman–Crippen MR) is 129 cm³/mol. The zero-order valence-corrected chi connectivity index (χ0v) is 20.9. The largest absolute Gasteiger partial charge is 0.446 e. The minimum absolute atomic E-state index is 0.00379. The van der Waals surface area contributed by atoms with Gasteiger partial charge in [0.05, 0.1) is 0 Å². The Morgan fingerprint density at radius 1 is 0.943 bits per heavy atom. The summed E-state index contributed by atoms with van der Waals surface area (Å²) >= 11 is 0. The van der Waals surface area contributed by atoms with Crippen LogP contribution in [0.25, 0.3) is 0 Å². The number of ether oxygens (including phenoxy) is 1. The molecule has 4 fully saturated rings. The van der Waals surface area contributed by atoms with E-state index < -0.39 is 29.7 Å². The Morgan fingerprint density at radius 2 is 1.60 bits per heavy atom. The quantitative estimate of drug-likeness (QED) is 0.359. The molecule has 4 aliphatic rings. The van der Waals surface area contributed by atoms with E-state index in [1.54, 1.807) is 0 Å². The zero-order chi connectivity index (χ0) is 24.9. The van der Waals surface area contributed by atoms with Gasteiger partial charge in [0.1, 0.15) is 12.1 Å². The lowest BCUT2D eigenvalue weighted by Crippen LogP contribution is -2.75. The first kappa shape index (κ1) is 26.4. The summed E-state index contributed by atoms with van der Waals surface area (Å²) in [6.07, 6.45) is 12.2. The Morgan fingerprint density at radius 3 is 2.31 bits per heavy atom. The second-order valence-corrected chi connectivity index (χ2v) is 11.3. The third kappa shape index (κ3) is 5.52. The molecule has 9 nitrogen and oxygen atoms in total. The molecule has 1 aliphatic heterocycles. The molecule has 0 aromatic heterocycles. The van der Waals surface area contributed by atoms with Gasteiger partial charge in [-0.2, -0.15) is 5.48 Å². The molecule has 3 aliphatic carbocycles. The number of rotatable bonds is 6. The maximum atomic E-state index is 14.2. The van der Waals surface area contributed by atoms with Gasteiger partial charge in [-0.1, -0.05) is 57.8 Å². The highest BCUT2D eigenvalue weighted by molar-refractivity contribution is 6.01. The number of ketones is 1. The molecule has 3 saturated carbocycles. The van der Waals surface area contributed by atoms with Crippen molar-refractivity contribution in [1.29, 1.82) is 0 Å². The molecule has 0 spiro atoms. The molecule has 4 atom stereocenters. The molecule has 35 heavy (non-hydrogen) atoms. The highest BCUT2D eigenvalue weighted by Gasteiger charge is 2.63. The number of fused-ring (bicyclic) bond motifs is 1. The van der Waals surface area contributed by atoms with Crippen molar-refractivity contribution in [3.05, 3.63) is 0 Å². The molecular weight excluding hydrogens is 450 g/mol. The summed E-state index contributed by atoms with van der Waals surface area (Å²) in [6, 6.07) is 0.00379. The molecule has 4 rings (SSSR count). The van der Waals surface area contributed by atoms with Crippen molar-refractivity contribution in [3.63, 3.8) is 0 Å². The normalized spacial score (nSPS) is 35.4. The van der Waals surface area contributed by atoms with Crippen LogP contribution >= 0.6 is 0 Å². The van der Waals surface area contributed by atoms with E-state index in [0.29, 0.717) is 19.4 Å². The summed E-state index contributed by atoms with van der Waals surface area (Å²) in [6.45, 7) is -0.379. The number of amides is 2. The number of carbonyl (C=O) groups is 3. The Hall–Kier alpha value is -1.71. The summed E-state index contributed by atoms with van der Waals surface area (Å²) in [4.78, 5) is 40.3. The molecule has 0 aromatic carbocycles. The smallest absolute Gasteiger partial charge is 0.407 e. The topological polar surface area (TPSA) is 137 Å². The van der Waals surface area contributed by atoms with Gasteiger partial charge >= 0.3 is 6.09 Å². The molecule has 0 aromatic rings. The average molecular weight is 494 g/mol. The van der Waals surface area contributed by atoms with Crippen LogP contribution in [0, 0.1) is 17.8 Å². The van der Waals surface area contributed by atoms with E-state index in [2.05, 4.69) is 16.1 Å². The van der Waals surface area contributed by atoms with Crippen LogP contribution in [-0.2, 0) is 14.3 Å². The Kier molecular flexibility index (Phi) is 8.71. The second kappa shape index (κ2) is 11.6. The van der Waals surface area contributed by atoms with Gasteiger partial charge in [0.2, 0.25) is 5.60 Å². The summed E-state index contributed by atoms with van der Waals surface area (Å²) < 4.78 is 5.44. The van der Waals surface area contributed by atoms with Gasteiger partial charge in [-0.3, -0.25) is 9.59 Å². The lowest BCUT2D eigenvalue weighted by Gasteiger charge is -2.46. The zero-order valence-electron chi connectivity index (χ0n) is 20.9. The SMILES string of the molecule is O=C(NC1CCCCC1)OC[C@]1(O)C(=O)NCCC2CCCCC2C(=O)[C@]1(CC1CCCC1)NO. The molecule has 1 heterocycles. The molecular formula is C26H43N3O6. The standard InChI is InChI=1S/C26H43N3O6/c30-22-21-13-7-6-10-19(21)14-15-27-23(31)26(33,25(22,29-34)16-18-8-4-5-9-18)17-35-24(32)28-20-11-2-1-3-12-20/h18-21,29,33-34H,1-17H2,(H,27,31)(H,28,32)/t19?,21?,25-,26-/m0/s1. The number of hydroxylamine groups is 1. The number of aliphatic hydroxyl groups is 1. The van der Waals surface area contributed by atoms with Crippen molar-refractivity contribution < 1.29 is 29.4 Å². The number of nitrogens with one attached hydrogen (secondary N) is 3. The van der Waals surface area contributed by atoms with E-state index >= 15 is 0 Å². The van der Waals surface area contributed by atoms with E-state index in [4.69, 9.17) is 4.74 Å². The molecule has 9 heteroatoms. The maximum absolute atomic E-state index is 14.2. The number of alkyl carbamates (subject to hydrolysis) is 1. The fourth-order valence-electron chi connectivity index (χ4n) is 7.05. The Balaban J connectivity index is 1.62. The first-order valence-corrected chi connectivity index (χ1v) is 13.8. The summed E-state index contributed by atoms with van der Waals surface area (Å²) in [7, 11) is 0. The minimum Gasteiger partial charge on any atom is -0.446 e. The first-order chi connectivity index (χ1) is 16.9. The van der Waals surface area contributed by atoms with Crippen LogP contribution in [0.2, 0.25) is 0 Å². The molecule has 0 radical (unpaired) electrons. The van der Waals surface area contributed by atoms with E-state index in [0.717, 1.165) is 77.0 Å². The minimum atomic E-state index is -2.43. The van der Waals surface area contributed by atoms with Gasteiger partial charge < -0.3 is 25.7 Å². The van der Waals surface area contributed by atoms with Crippen LogP contribution in [0.3, 0.4) is 0 Å². The van der Waals surface area contributed by atoms with E-state index in [9.17, 15) is 24.7 Å². The van der Waals surface area contributed by atoms with Crippen LogP contribution in [0.1, 0.15) is 96.3 Å². The summed E-state index contributed by atoms with van der Waals surface area (Å²) in [5.74, 6) is -1.30. The fourth-order valence-corrected chi connectivity index (χ4v) is 7.05. The maximum Gasteiger partial charge on any atom is 0.407 e. The van der Waals surface area contributed by atoms with Crippen molar-refractivity contribution in [2.24, 2.45) is 17.8 Å². The number of hydrogen-bond acceptors (Lipinski definition) is 7. The van der Waals surface area contributed by atoms with Crippen molar-refractivity contribution >= 4 is 17.8 Å². The molecule has 198 valence electrons. The average Bonchev–Trinajstić information content (AvgIpc) is 3.39. The number of Topliss-reactive ketones (excluding diaryl/α,β-unsaturated/α-hetero) is 1. The van der Waals surface area contributed by atoms with Crippen molar-refractivity contribution in [2.45, 2.75) is 113 Å². The van der Waals surface area contributed by atoms with Gasteiger partial charge in [0, 0.05) is 18.5 Å². The van der Waals surface area contributed by atoms with Gasteiger partial charge in [-0.25, -0.2) is 4.79 Å². The fraction of sp³-hybridized carbons (Fsp3) is 0.885. The molecule has 2 unspecified atom stereocenters. The van der Waals surface area contributed by atoms with Gasteiger partial charge in [0.15, 0.2) is 5.78 Å². The van der Waals surface area contributed by atoms with Gasteiger partial charge in [-0.15, -0.1) is 0 Å². The third-order valence-corrected chi connectivity index (χ3v) is 9.15. The molecule has 5 N–H and O–H groups in total. The lowest BCUT2D eigenvalue weighted by atomic mass is 9.63. The monoisotopic (exact) mass is 493 g/mol. The van der Waals surface area contributed by atoms with E-state index in [1.807, 2.05) is 0 Å². The second-order valence-electron chi connectivity index (χ2n) is 11.3. The van der Waals surface area contributed by atoms with Gasteiger partial charge in [0.25, 0.3) is 5.91 Å². The highest BCUT2D eigenvalue weighted by atomic mass is 16.6. The number of carbonyl (C=O) groups excluding carboxylic acids is 3. The summed E-state index contributed by atoms with van der Waals surface area (Å²) in [5.41, 5.74) is -2.20. The van der Waals surface area contributed by atoms with Crippen LogP contribution < -0.4 is 16.1 Å². The van der Waals surface area contributed by atoms with E-state index in [1.165, 1.54) is 0 Å². The lowest BCUT2D eigenvalue weighted by molar-refractivity contribution is -0.180. The Bertz CT molecular complexity index is 766. The molecule has 1 saturated heterocycles. The van der Waals surface area contributed by atoms with Gasteiger partial charge in [-0.05, 0) is 50.4 Å². The Labute approximate surface area is 208 Å². The predicted octanol–water partition coefficient (Wildman–Crippen LogP) is 2.97. The van der Waals surface area contributed by atoms with Crippen LogP contribution in [0.5, 0.6) is 0 Å². The first-order valence-electron chi connectivity index (χ1n) is 13.8. The van der Waals surface area contributed by atoms with Crippen molar-refractivity contribution in [1.82, 2.24) is 16.1 Å².